The van der Waals surface area contributed by atoms with Crippen LogP contribution in [0.2, 0.25) is 5.28 Å². The summed E-state index contributed by atoms with van der Waals surface area (Å²) in [5.41, 5.74) is 0. The Bertz CT molecular complexity index is 575. The Morgan fingerprint density at radius 1 is 1.26 bits per heavy atom. The molecule has 19 heavy (non-hydrogen) atoms. The molecular formula is C10H13ClN6OS. The van der Waals surface area contributed by atoms with Crippen LogP contribution in [0.4, 0.5) is 0 Å². The minimum absolute atomic E-state index is 0.0995. The molecule has 0 atom stereocenters. The first-order valence-corrected chi connectivity index (χ1v) is 6.87. The quantitative estimate of drug-likeness (QED) is 0.834. The van der Waals surface area contributed by atoms with Crippen LogP contribution in [0.1, 0.15) is 19.2 Å². The van der Waals surface area contributed by atoms with Crippen molar-refractivity contribution in [2.45, 2.75) is 30.6 Å². The smallest absolute Gasteiger partial charge is 0.321 e. The number of ether oxygens (including phenoxy) is 1. The van der Waals surface area contributed by atoms with E-state index in [2.05, 4.69) is 25.1 Å². The van der Waals surface area contributed by atoms with Crippen molar-refractivity contribution >= 4 is 23.4 Å². The summed E-state index contributed by atoms with van der Waals surface area (Å²) in [5, 5.41) is 9.20. The highest BCUT2D eigenvalue weighted by molar-refractivity contribution is 7.99. The maximum atomic E-state index is 5.84. The molecule has 2 aromatic rings. The number of hydrogen-bond donors (Lipinski definition) is 0. The van der Waals surface area contributed by atoms with Gasteiger partial charge in [-0.3, -0.25) is 0 Å². The molecule has 9 heteroatoms. The van der Waals surface area contributed by atoms with Crippen molar-refractivity contribution in [3.63, 3.8) is 0 Å². The Morgan fingerprint density at radius 3 is 2.68 bits per heavy atom. The first-order chi connectivity index (χ1) is 9.10. The topological polar surface area (TPSA) is 78.6 Å². The van der Waals surface area contributed by atoms with Gasteiger partial charge in [-0.05, 0) is 36.7 Å². The third kappa shape index (κ3) is 3.54. The van der Waals surface area contributed by atoms with E-state index in [0.717, 1.165) is 12.2 Å². The fraction of sp³-hybridized carbons (Fsp3) is 0.500. The van der Waals surface area contributed by atoms with E-state index in [1.807, 2.05) is 25.5 Å². The normalized spacial score (nSPS) is 10.7. The van der Waals surface area contributed by atoms with Crippen molar-refractivity contribution in [2.75, 3.05) is 6.61 Å². The zero-order valence-corrected chi connectivity index (χ0v) is 12.4. The third-order valence-electron chi connectivity index (χ3n) is 2.24. The van der Waals surface area contributed by atoms with E-state index in [0.29, 0.717) is 16.9 Å². The lowest BCUT2D eigenvalue weighted by Gasteiger charge is -2.04. The molecule has 2 heterocycles. The van der Waals surface area contributed by atoms with Gasteiger partial charge in [0.2, 0.25) is 10.4 Å². The second-order valence-electron chi connectivity index (χ2n) is 3.71. The largest absolute Gasteiger partial charge is 0.463 e. The number of aryl methyl sites for hydroxylation is 1. The molecule has 2 rings (SSSR count). The van der Waals surface area contributed by atoms with Crippen LogP contribution in [0.25, 0.3) is 0 Å². The van der Waals surface area contributed by atoms with E-state index >= 15 is 0 Å². The molecule has 7 nitrogen and oxygen atoms in total. The van der Waals surface area contributed by atoms with Gasteiger partial charge >= 0.3 is 6.01 Å². The molecule has 0 aliphatic rings. The van der Waals surface area contributed by atoms with Crippen molar-refractivity contribution in [3.8, 4) is 6.01 Å². The Hall–Kier alpha value is -1.41. The lowest BCUT2D eigenvalue weighted by atomic mass is 10.5. The maximum absolute atomic E-state index is 5.84. The molecule has 0 N–H and O–H groups in total. The van der Waals surface area contributed by atoms with Crippen LogP contribution in [0.15, 0.2) is 10.3 Å². The fourth-order valence-corrected chi connectivity index (χ4v) is 2.15. The van der Waals surface area contributed by atoms with Crippen molar-refractivity contribution in [1.29, 1.82) is 0 Å². The highest BCUT2D eigenvalue weighted by Gasteiger charge is 2.12. The summed E-state index contributed by atoms with van der Waals surface area (Å²) in [6, 6.07) is 0.225. The Morgan fingerprint density at radius 2 is 2.05 bits per heavy atom. The van der Waals surface area contributed by atoms with Crippen molar-refractivity contribution in [1.82, 2.24) is 29.7 Å². The second kappa shape index (κ2) is 6.16. The standard InChI is InChI=1S/C10H13ClN6OS/c1-4-5-18-8-12-7(11)13-9(14-8)19-10-16-15-6(2)17(10)3/h4-5H2,1-3H3. The predicted molar refractivity (Wildman–Crippen MR) is 70.5 cm³/mol. The third-order valence-corrected chi connectivity index (χ3v) is 3.31. The van der Waals surface area contributed by atoms with Gasteiger partial charge in [-0.1, -0.05) is 6.92 Å². The van der Waals surface area contributed by atoms with Crippen LogP contribution < -0.4 is 4.74 Å². The monoisotopic (exact) mass is 300 g/mol. The lowest BCUT2D eigenvalue weighted by Crippen LogP contribution is -2.03. The van der Waals surface area contributed by atoms with Gasteiger partial charge in [0.05, 0.1) is 6.61 Å². The SMILES string of the molecule is CCCOc1nc(Cl)nc(Sc2nnc(C)n2C)n1. The summed E-state index contributed by atoms with van der Waals surface area (Å²) in [6.07, 6.45) is 0.869. The molecule has 0 aliphatic carbocycles. The van der Waals surface area contributed by atoms with Crippen LogP contribution in [-0.2, 0) is 7.05 Å². The lowest BCUT2D eigenvalue weighted by molar-refractivity contribution is 0.288. The van der Waals surface area contributed by atoms with Crippen LogP contribution in [-0.4, -0.2) is 36.3 Å². The van der Waals surface area contributed by atoms with Gasteiger partial charge in [0, 0.05) is 7.05 Å². The average Bonchev–Trinajstić information content (AvgIpc) is 2.68. The molecule has 0 saturated carbocycles. The molecule has 0 radical (unpaired) electrons. The van der Waals surface area contributed by atoms with Gasteiger partial charge < -0.3 is 9.30 Å². The number of halogens is 1. The number of hydrogen-bond acceptors (Lipinski definition) is 7. The van der Waals surface area contributed by atoms with Gasteiger partial charge in [0.15, 0.2) is 5.16 Å². The maximum Gasteiger partial charge on any atom is 0.321 e. The average molecular weight is 301 g/mol. The Balaban J connectivity index is 2.20. The molecular weight excluding hydrogens is 288 g/mol. The van der Waals surface area contributed by atoms with Crippen LogP contribution in [0, 0.1) is 6.92 Å². The molecule has 0 unspecified atom stereocenters. The number of aromatic nitrogens is 6. The summed E-state index contributed by atoms with van der Waals surface area (Å²) in [7, 11) is 1.87. The van der Waals surface area contributed by atoms with E-state index in [9.17, 15) is 0 Å². The van der Waals surface area contributed by atoms with E-state index < -0.39 is 0 Å². The predicted octanol–water partition coefficient (Wildman–Crippen LogP) is 1.90. The van der Waals surface area contributed by atoms with E-state index in [1.165, 1.54) is 11.8 Å². The zero-order valence-electron chi connectivity index (χ0n) is 10.8. The molecule has 2 aromatic heterocycles. The minimum Gasteiger partial charge on any atom is -0.463 e. The molecule has 0 saturated heterocycles. The van der Waals surface area contributed by atoms with Gasteiger partial charge in [0.1, 0.15) is 5.82 Å². The summed E-state index contributed by atoms with van der Waals surface area (Å²) in [6.45, 7) is 4.40. The highest BCUT2D eigenvalue weighted by Crippen LogP contribution is 2.24. The van der Waals surface area contributed by atoms with Gasteiger partial charge in [0.25, 0.3) is 0 Å². The first kappa shape index (κ1) is 14.0. The van der Waals surface area contributed by atoms with Crippen molar-refractivity contribution in [2.24, 2.45) is 7.05 Å². The highest BCUT2D eigenvalue weighted by atomic mass is 35.5. The van der Waals surface area contributed by atoms with Gasteiger partial charge in [-0.2, -0.15) is 15.0 Å². The summed E-state index contributed by atoms with van der Waals surface area (Å²) >= 11 is 7.10. The molecule has 0 aliphatic heterocycles. The van der Waals surface area contributed by atoms with E-state index in [1.54, 1.807) is 0 Å². The Labute approximate surface area is 119 Å². The molecule has 0 spiro atoms. The minimum atomic E-state index is 0.0995. The second-order valence-corrected chi connectivity index (χ2v) is 4.98. The molecule has 0 fully saturated rings. The van der Waals surface area contributed by atoms with Crippen molar-refractivity contribution in [3.05, 3.63) is 11.1 Å². The van der Waals surface area contributed by atoms with E-state index in [-0.39, 0.29) is 11.3 Å². The van der Waals surface area contributed by atoms with Gasteiger partial charge in [-0.25, -0.2) is 0 Å². The molecule has 102 valence electrons. The summed E-state index contributed by atoms with van der Waals surface area (Å²) < 4.78 is 7.19. The molecule has 0 amide bonds. The van der Waals surface area contributed by atoms with Crippen LogP contribution in [0.5, 0.6) is 6.01 Å². The number of rotatable bonds is 5. The Kier molecular flexibility index (Phi) is 4.54. The van der Waals surface area contributed by atoms with Crippen molar-refractivity contribution < 1.29 is 4.74 Å². The molecule has 0 bridgehead atoms. The summed E-state index contributed by atoms with van der Waals surface area (Å²) in [4.78, 5) is 12.1. The zero-order chi connectivity index (χ0) is 13.8. The first-order valence-electron chi connectivity index (χ1n) is 5.68. The number of nitrogens with zero attached hydrogens (tertiary/aromatic N) is 6. The van der Waals surface area contributed by atoms with Gasteiger partial charge in [-0.15, -0.1) is 10.2 Å². The van der Waals surface area contributed by atoms with Crippen LogP contribution in [0.3, 0.4) is 0 Å². The van der Waals surface area contributed by atoms with E-state index in [4.69, 9.17) is 16.3 Å². The fourth-order valence-electron chi connectivity index (χ4n) is 1.18. The summed E-state index contributed by atoms with van der Waals surface area (Å²) in [5.74, 6) is 0.810. The molecule has 0 aromatic carbocycles. The van der Waals surface area contributed by atoms with Crippen LogP contribution >= 0.6 is 23.4 Å².